The van der Waals surface area contributed by atoms with Crippen LogP contribution < -0.4 is 0 Å². The van der Waals surface area contributed by atoms with Crippen molar-refractivity contribution in [3.8, 4) is 0 Å². The highest BCUT2D eigenvalue weighted by Crippen LogP contribution is 2.68. The van der Waals surface area contributed by atoms with E-state index in [1.165, 1.54) is 32.1 Å². The molecule has 1 aliphatic heterocycles. The van der Waals surface area contributed by atoms with Crippen molar-refractivity contribution in [1.82, 2.24) is 0 Å². The highest BCUT2D eigenvalue weighted by molar-refractivity contribution is 14.1. The molecule has 16 heavy (non-hydrogen) atoms. The molecule has 1 heterocycles. The number of carbonyl (C=O) groups excluding carboxylic acids is 1. The molecule has 0 N–H and O–H groups in total. The standard InChI is InChI=1S/C13H17IO2/c14-11-8-7(6-4-2-1-3-5-6)10-9(8)12(11)16-13(10)15/h6-12H,1-5H2/t7-,8+,9-,10-,11-,12+/m1/s1. The van der Waals surface area contributed by atoms with Gasteiger partial charge in [0.2, 0.25) is 0 Å². The molecular weight excluding hydrogens is 315 g/mol. The molecule has 0 unspecified atom stereocenters. The summed E-state index contributed by atoms with van der Waals surface area (Å²) in [6.07, 6.45) is 7.20. The van der Waals surface area contributed by atoms with Crippen molar-refractivity contribution < 1.29 is 9.53 Å². The molecule has 6 atom stereocenters. The van der Waals surface area contributed by atoms with Crippen molar-refractivity contribution in [3.63, 3.8) is 0 Å². The Labute approximate surface area is 110 Å². The van der Waals surface area contributed by atoms with E-state index in [4.69, 9.17) is 4.74 Å². The van der Waals surface area contributed by atoms with Gasteiger partial charge in [-0.2, -0.15) is 0 Å². The molecular formula is C13H17IO2. The molecule has 0 amide bonds. The third-order valence-corrected chi connectivity index (χ3v) is 7.04. The smallest absolute Gasteiger partial charge is 0.309 e. The molecule has 1 saturated heterocycles. The number of rotatable bonds is 1. The Hall–Kier alpha value is 0.200. The van der Waals surface area contributed by atoms with E-state index in [-0.39, 0.29) is 5.97 Å². The van der Waals surface area contributed by atoms with E-state index in [1.54, 1.807) is 0 Å². The topological polar surface area (TPSA) is 26.3 Å². The molecule has 88 valence electrons. The van der Waals surface area contributed by atoms with Crippen LogP contribution in [-0.4, -0.2) is 16.0 Å². The van der Waals surface area contributed by atoms with Gasteiger partial charge >= 0.3 is 5.97 Å². The fourth-order valence-electron chi connectivity index (χ4n) is 4.78. The van der Waals surface area contributed by atoms with E-state index in [0.717, 1.165) is 11.8 Å². The molecule has 0 aromatic carbocycles. The summed E-state index contributed by atoms with van der Waals surface area (Å²) in [5.41, 5.74) is 0. The molecule has 3 saturated carbocycles. The lowest BCUT2D eigenvalue weighted by Crippen LogP contribution is -2.66. The third-order valence-electron chi connectivity index (χ3n) is 5.50. The van der Waals surface area contributed by atoms with Crippen LogP contribution in [0.2, 0.25) is 0 Å². The van der Waals surface area contributed by atoms with Crippen LogP contribution in [0.15, 0.2) is 0 Å². The van der Waals surface area contributed by atoms with Crippen LogP contribution in [0, 0.1) is 29.6 Å². The average molecular weight is 332 g/mol. The summed E-state index contributed by atoms with van der Waals surface area (Å²) in [6, 6.07) is 0. The minimum absolute atomic E-state index is 0.140. The number of alkyl halides is 1. The van der Waals surface area contributed by atoms with Crippen molar-refractivity contribution in [2.45, 2.75) is 42.1 Å². The van der Waals surface area contributed by atoms with Gasteiger partial charge in [-0.25, -0.2) is 0 Å². The number of hydrogen-bond donors (Lipinski definition) is 0. The quantitative estimate of drug-likeness (QED) is 0.419. The Morgan fingerprint density at radius 1 is 1.06 bits per heavy atom. The largest absolute Gasteiger partial charge is 0.461 e. The Kier molecular flexibility index (Phi) is 2.13. The molecule has 4 fully saturated rings. The van der Waals surface area contributed by atoms with Gasteiger partial charge in [0.25, 0.3) is 0 Å². The molecule has 0 aromatic rings. The maximum absolute atomic E-state index is 11.8. The van der Waals surface area contributed by atoms with E-state index >= 15 is 0 Å². The van der Waals surface area contributed by atoms with Crippen LogP contribution in [-0.2, 0) is 9.53 Å². The van der Waals surface area contributed by atoms with Crippen molar-refractivity contribution in [3.05, 3.63) is 0 Å². The zero-order valence-electron chi connectivity index (χ0n) is 9.27. The first-order valence-electron chi connectivity index (χ1n) is 6.63. The summed E-state index contributed by atoms with van der Waals surface area (Å²) in [5.74, 6) is 3.43. The Balaban J connectivity index is 1.58. The second kappa shape index (κ2) is 3.36. The number of ether oxygens (including phenoxy) is 1. The molecule has 0 aromatic heterocycles. The molecule has 3 heteroatoms. The highest BCUT2D eigenvalue weighted by Gasteiger charge is 2.74. The van der Waals surface area contributed by atoms with E-state index in [1.807, 2.05) is 0 Å². The van der Waals surface area contributed by atoms with Gasteiger partial charge in [-0.05, 0) is 17.8 Å². The van der Waals surface area contributed by atoms with Crippen molar-refractivity contribution in [2.24, 2.45) is 29.6 Å². The highest BCUT2D eigenvalue weighted by atomic mass is 127. The molecule has 0 radical (unpaired) electrons. The summed E-state index contributed by atoms with van der Waals surface area (Å²) in [7, 11) is 0. The Morgan fingerprint density at radius 3 is 2.56 bits per heavy atom. The Bertz CT molecular complexity index is 337. The first-order chi connectivity index (χ1) is 7.79. The fraction of sp³-hybridized carbons (Fsp3) is 0.923. The third kappa shape index (κ3) is 1.06. The predicted molar refractivity (Wildman–Crippen MR) is 68.2 cm³/mol. The van der Waals surface area contributed by atoms with Crippen molar-refractivity contribution in [2.75, 3.05) is 0 Å². The SMILES string of the molecule is O=C1O[C@@H]2[C@H](I)[C@H]3[C@@H](C4CCCCC4)[C@@H]1[C@H]23. The summed E-state index contributed by atoms with van der Waals surface area (Å²) < 4.78 is 6.12. The molecule has 0 spiro atoms. The maximum atomic E-state index is 11.8. The zero-order valence-corrected chi connectivity index (χ0v) is 11.4. The van der Waals surface area contributed by atoms with E-state index in [0.29, 0.717) is 27.8 Å². The van der Waals surface area contributed by atoms with Crippen LogP contribution in [0.3, 0.4) is 0 Å². The van der Waals surface area contributed by atoms with Crippen LogP contribution >= 0.6 is 22.6 Å². The maximum Gasteiger partial charge on any atom is 0.309 e. The van der Waals surface area contributed by atoms with Gasteiger partial charge in [-0.15, -0.1) is 0 Å². The van der Waals surface area contributed by atoms with Gasteiger partial charge in [-0.1, -0.05) is 54.7 Å². The number of carbonyl (C=O) groups is 1. The number of halogens is 1. The second-order valence-corrected chi connectivity index (χ2v) is 7.44. The normalized spacial score (nSPS) is 54.9. The first-order valence-corrected chi connectivity index (χ1v) is 7.88. The minimum Gasteiger partial charge on any atom is -0.461 e. The van der Waals surface area contributed by atoms with Crippen molar-refractivity contribution in [1.29, 1.82) is 0 Å². The minimum atomic E-state index is 0.140. The molecule has 3 aliphatic carbocycles. The van der Waals surface area contributed by atoms with Crippen LogP contribution in [0.1, 0.15) is 32.1 Å². The lowest BCUT2D eigenvalue weighted by Gasteiger charge is -2.61. The van der Waals surface area contributed by atoms with Crippen LogP contribution in [0.25, 0.3) is 0 Å². The summed E-state index contributed by atoms with van der Waals surface area (Å²) in [5, 5.41) is 0. The zero-order chi connectivity index (χ0) is 10.9. The second-order valence-electron chi connectivity index (χ2n) is 6.00. The Morgan fingerprint density at radius 2 is 1.81 bits per heavy atom. The van der Waals surface area contributed by atoms with Gasteiger partial charge in [0.1, 0.15) is 6.10 Å². The monoisotopic (exact) mass is 332 g/mol. The molecule has 0 bridgehead atoms. The predicted octanol–water partition coefficient (Wildman–Crippen LogP) is 2.79. The van der Waals surface area contributed by atoms with Crippen molar-refractivity contribution >= 4 is 28.6 Å². The fourth-order valence-corrected chi connectivity index (χ4v) is 6.36. The van der Waals surface area contributed by atoms with Gasteiger partial charge in [0, 0.05) is 5.92 Å². The first kappa shape index (κ1) is 10.2. The summed E-state index contributed by atoms with van der Waals surface area (Å²) in [4.78, 5) is 11.8. The average Bonchev–Trinajstić information content (AvgIpc) is 2.43. The summed E-state index contributed by atoms with van der Waals surface area (Å²) in [6.45, 7) is 0. The molecule has 4 aliphatic rings. The molecule has 4 rings (SSSR count). The van der Waals surface area contributed by atoms with Gasteiger partial charge < -0.3 is 4.74 Å². The van der Waals surface area contributed by atoms with Crippen LogP contribution in [0.5, 0.6) is 0 Å². The van der Waals surface area contributed by atoms with E-state index in [9.17, 15) is 4.79 Å². The van der Waals surface area contributed by atoms with Crippen LogP contribution in [0.4, 0.5) is 0 Å². The van der Waals surface area contributed by atoms with Gasteiger partial charge in [0.15, 0.2) is 0 Å². The van der Waals surface area contributed by atoms with E-state index in [2.05, 4.69) is 22.6 Å². The van der Waals surface area contributed by atoms with Gasteiger partial charge in [0.05, 0.1) is 9.84 Å². The number of hydrogen-bond acceptors (Lipinski definition) is 2. The number of esters is 1. The molecule has 2 nitrogen and oxygen atoms in total. The van der Waals surface area contributed by atoms with E-state index < -0.39 is 0 Å². The lowest BCUT2D eigenvalue weighted by molar-refractivity contribution is -0.146. The lowest BCUT2D eigenvalue weighted by atomic mass is 9.43. The van der Waals surface area contributed by atoms with Gasteiger partial charge in [-0.3, -0.25) is 4.79 Å². The summed E-state index contributed by atoms with van der Waals surface area (Å²) >= 11 is 2.52.